The second kappa shape index (κ2) is 2.36. The molecule has 0 aromatic heterocycles. The molecule has 2 bridgehead atoms. The molecule has 2 rings (SSSR count). The fourth-order valence-electron chi connectivity index (χ4n) is 2.05. The number of rotatable bonds is 1. The van der Waals surface area contributed by atoms with E-state index in [0.29, 0.717) is 5.92 Å². The van der Waals surface area contributed by atoms with Gasteiger partial charge in [0.05, 0.1) is 0 Å². The van der Waals surface area contributed by atoms with Gasteiger partial charge in [-0.1, -0.05) is 11.6 Å². The Bertz CT molecular complexity index is 218. The third kappa shape index (κ3) is 1.17. The summed E-state index contributed by atoms with van der Waals surface area (Å²) in [5, 5.41) is 0. The molecule has 60 valence electrons. The highest BCUT2D eigenvalue weighted by Gasteiger charge is 2.35. The fraction of sp³-hybridized carbons (Fsp3) is 0.667. The molecule has 1 saturated carbocycles. The highest BCUT2D eigenvalue weighted by molar-refractivity contribution is 5.66. The summed E-state index contributed by atoms with van der Waals surface area (Å²) in [7, 11) is 0. The van der Waals surface area contributed by atoms with Crippen molar-refractivity contribution in [1.82, 2.24) is 0 Å². The minimum atomic E-state index is -0.136. The van der Waals surface area contributed by atoms with Gasteiger partial charge in [-0.2, -0.15) is 0 Å². The van der Waals surface area contributed by atoms with Crippen molar-refractivity contribution < 1.29 is 9.53 Å². The summed E-state index contributed by atoms with van der Waals surface area (Å²) in [6.45, 7) is 1.49. The van der Waals surface area contributed by atoms with Crippen LogP contribution in [0.1, 0.15) is 26.2 Å². The molecule has 1 fully saturated rings. The van der Waals surface area contributed by atoms with Crippen molar-refractivity contribution in [3.63, 3.8) is 0 Å². The average molecular weight is 152 g/mol. The maximum atomic E-state index is 10.6. The van der Waals surface area contributed by atoms with Crippen molar-refractivity contribution in [3.8, 4) is 0 Å². The van der Waals surface area contributed by atoms with Crippen LogP contribution >= 0.6 is 0 Å². The number of esters is 1. The smallest absolute Gasteiger partial charge is 0.302 e. The van der Waals surface area contributed by atoms with Crippen molar-refractivity contribution in [1.29, 1.82) is 0 Å². The van der Waals surface area contributed by atoms with Crippen molar-refractivity contribution in [2.24, 2.45) is 5.92 Å². The van der Waals surface area contributed by atoms with Gasteiger partial charge in [-0.15, -0.1) is 0 Å². The first-order valence-corrected chi connectivity index (χ1v) is 4.11. The lowest BCUT2D eigenvalue weighted by atomic mass is 10.0. The lowest BCUT2D eigenvalue weighted by molar-refractivity contribution is -0.147. The molecule has 0 spiro atoms. The summed E-state index contributed by atoms with van der Waals surface area (Å²) in [6.07, 6.45) is 5.76. The zero-order valence-corrected chi connectivity index (χ0v) is 6.67. The summed E-state index contributed by atoms with van der Waals surface area (Å²) in [4.78, 5) is 10.6. The minimum absolute atomic E-state index is 0.136. The van der Waals surface area contributed by atoms with E-state index in [4.69, 9.17) is 4.74 Å². The number of hydrogen-bond donors (Lipinski definition) is 0. The predicted octanol–water partition coefficient (Wildman–Crippen LogP) is 1.66. The highest BCUT2D eigenvalue weighted by Crippen LogP contribution is 2.41. The Hall–Kier alpha value is -0.790. The Kier molecular flexibility index (Phi) is 1.48. The van der Waals surface area contributed by atoms with Crippen LogP contribution in [0.25, 0.3) is 0 Å². The van der Waals surface area contributed by atoms with Crippen LogP contribution in [0.4, 0.5) is 0 Å². The summed E-state index contributed by atoms with van der Waals surface area (Å²) >= 11 is 0. The Morgan fingerprint density at radius 3 is 2.91 bits per heavy atom. The Morgan fingerprint density at radius 2 is 2.45 bits per heavy atom. The number of hydrogen-bond acceptors (Lipinski definition) is 2. The summed E-state index contributed by atoms with van der Waals surface area (Å²) in [6, 6.07) is 0. The van der Waals surface area contributed by atoms with E-state index in [-0.39, 0.29) is 12.1 Å². The SMILES string of the molecule is CC(=O)OC1CC2=CCC1C2. The van der Waals surface area contributed by atoms with Crippen LogP contribution in [0.3, 0.4) is 0 Å². The Morgan fingerprint density at radius 1 is 1.64 bits per heavy atom. The van der Waals surface area contributed by atoms with Crippen molar-refractivity contribution in [2.45, 2.75) is 32.3 Å². The van der Waals surface area contributed by atoms with Crippen LogP contribution in [0.2, 0.25) is 0 Å². The Labute approximate surface area is 66.2 Å². The minimum Gasteiger partial charge on any atom is -0.462 e. The molecule has 0 amide bonds. The second-order valence-electron chi connectivity index (χ2n) is 3.41. The van der Waals surface area contributed by atoms with E-state index in [2.05, 4.69) is 6.08 Å². The van der Waals surface area contributed by atoms with Gasteiger partial charge in [0.2, 0.25) is 0 Å². The van der Waals surface area contributed by atoms with Crippen LogP contribution in [0.15, 0.2) is 11.6 Å². The number of fused-ring (bicyclic) bond motifs is 2. The molecule has 0 saturated heterocycles. The summed E-state index contributed by atoms with van der Waals surface area (Å²) in [5.41, 5.74) is 1.49. The molecular formula is C9H12O2. The maximum absolute atomic E-state index is 10.6. The topological polar surface area (TPSA) is 26.3 Å². The van der Waals surface area contributed by atoms with Gasteiger partial charge in [0, 0.05) is 19.3 Å². The average Bonchev–Trinajstić information content (AvgIpc) is 2.45. The molecule has 2 aliphatic rings. The third-order valence-electron chi connectivity index (χ3n) is 2.54. The van der Waals surface area contributed by atoms with E-state index in [1.54, 1.807) is 0 Å². The van der Waals surface area contributed by atoms with E-state index in [1.165, 1.54) is 12.5 Å². The largest absolute Gasteiger partial charge is 0.462 e. The van der Waals surface area contributed by atoms with Crippen molar-refractivity contribution in [2.75, 3.05) is 0 Å². The summed E-state index contributed by atoms with van der Waals surface area (Å²) < 4.78 is 5.17. The Balaban J connectivity index is 1.98. The third-order valence-corrected chi connectivity index (χ3v) is 2.54. The van der Waals surface area contributed by atoms with Gasteiger partial charge < -0.3 is 4.74 Å². The molecule has 0 radical (unpaired) electrons. The van der Waals surface area contributed by atoms with Gasteiger partial charge in [-0.25, -0.2) is 0 Å². The lowest BCUT2D eigenvalue weighted by Gasteiger charge is -2.18. The maximum Gasteiger partial charge on any atom is 0.302 e. The predicted molar refractivity (Wildman–Crippen MR) is 41.0 cm³/mol. The summed E-state index contributed by atoms with van der Waals surface area (Å²) in [5.74, 6) is 0.469. The van der Waals surface area contributed by atoms with E-state index in [9.17, 15) is 4.79 Å². The molecular weight excluding hydrogens is 140 g/mol. The number of ether oxygens (including phenoxy) is 1. The molecule has 0 aliphatic heterocycles. The van der Waals surface area contributed by atoms with Crippen LogP contribution in [0, 0.1) is 5.92 Å². The molecule has 0 aromatic rings. The first-order valence-electron chi connectivity index (χ1n) is 4.11. The molecule has 2 unspecified atom stereocenters. The van der Waals surface area contributed by atoms with Crippen molar-refractivity contribution >= 4 is 5.97 Å². The van der Waals surface area contributed by atoms with Crippen molar-refractivity contribution in [3.05, 3.63) is 11.6 Å². The monoisotopic (exact) mass is 152 g/mol. The molecule has 0 N–H and O–H groups in total. The van der Waals surface area contributed by atoms with Gasteiger partial charge >= 0.3 is 5.97 Å². The molecule has 2 nitrogen and oxygen atoms in total. The van der Waals surface area contributed by atoms with Gasteiger partial charge in [0.15, 0.2) is 0 Å². The van der Waals surface area contributed by atoms with Crippen LogP contribution in [0.5, 0.6) is 0 Å². The van der Waals surface area contributed by atoms with E-state index < -0.39 is 0 Å². The quantitative estimate of drug-likeness (QED) is 0.422. The van der Waals surface area contributed by atoms with E-state index in [0.717, 1.165) is 19.3 Å². The lowest BCUT2D eigenvalue weighted by Crippen LogP contribution is -2.20. The first kappa shape index (κ1) is 6.89. The standard InChI is InChI=1S/C9H12O2/c1-6(10)11-9-5-7-2-3-8(9)4-7/h2,8-9H,3-5H2,1H3. The van der Waals surface area contributed by atoms with Crippen LogP contribution < -0.4 is 0 Å². The van der Waals surface area contributed by atoms with Crippen LogP contribution in [-0.2, 0) is 9.53 Å². The fourth-order valence-corrected chi connectivity index (χ4v) is 2.05. The van der Waals surface area contributed by atoms with Gasteiger partial charge in [0.25, 0.3) is 0 Å². The molecule has 0 aromatic carbocycles. The second-order valence-corrected chi connectivity index (χ2v) is 3.41. The molecule has 2 heteroatoms. The number of allylic oxidation sites excluding steroid dienone is 1. The molecule has 2 atom stereocenters. The number of carbonyl (C=O) groups excluding carboxylic acids is 1. The first-order chi connectivity index (χ1) is 5.25. The molecule has 2 aliphatic carbocycles. The van der Waals surface area contributed by atoms with Gasteiger partial charge in [-0.3, -0.25) is 4.79 Å². The highest BCUT2D eigenvalue weighted by atomic mass is 16.5. The van der Waals surface area contributed by atoms with E-state index >= 15 is 0 Å². The zero-order chi connectivity index (χ0) is 7.84. The van der Waals surface area contributed by atoms with Crippen LogP contribution in [-0.4, -0.2) is 12.1 Å². The van der Waals surface area contributed by atoms with E-state index in [1.807, 2.05) is 0 Å². The zero-order valence-electron chi connectivity index (χ0n) is 6.67. The molecule has 11 heavy (non-hydrogen) atoms. The van der Waals surface area contributed by atoms with Gasteiger partial charge in [-0.05, 0) is 12.8 Å². The normalized spacial score (nSPS) is 33.7. The van der Waals surface area contributed by atoms with Gasteiger partial charge in [0.1, 0.15) is 6.10 Å². The molecule has 0 heterocycles. The number of carbonyl (C=O) groups is 1.